The number of aromatic nitrogens is 1. The van der Waals surface area contributed by atoms with Gasteiger partial charge < -0.3 is 14.5 Å². The Morgan fingerprint density at radius 1 is 1.19 bits per heavy atom. The maximum absolute atomic E-state index is 11.4. The zero-order valence-electron chi connectivity index (χ0n) is 9.12. The summed E-state index contributed by atoms with van der Waals surface area (Å²) in [5, 5.41) is 0. The second-order valence-corrected chi connectivity index (χ2v) is 3.03. The first-order valence-electron chi connectivity index (χ1n) is 4.41. The molecular formula is C10H11NO5. The highest BCUT2D eigenvalue weighted by Gasteiger charge is 2.21. The van der Waals surface area contributed by atoms with Crippen LogP contribution < -0.4 is 5.56 Å². The number of hydrogen-bond acceptors (Lipinski definition) is 5. The zero-order chi connectivity index (χ0) is 12.3. The summed E-state index contributed by atoms with van der Waals surface area (Å²) in [6.45, 7) is 1.50. The normalized spacial score (nSPS) is 9.69. The minimum atomic E-state index is -0.755. The SMILES string of the molecule is COC(=O)c1cc(=O)[nH]c(C)c1C(=O)OC. The van der Waals surface area contributed by atoms with Gasteiger partial charge in [-0.25, -0.2) is 9.59 Å². The lowest BCUT2D eigenvalue weighted by molar-refractivity contribution is 0.0553. The molecule has 0 aliphatic heterocycles. The second kappa shape index (κ2) is 4.61. The number of aryl methyl sites for hydroxylation is 1. The largest absolute Gasteiger partial charge is 0.465 e. The second-order valence-electron chi connectivity index (χ2n) is 3.03. The molecule has 0 unspecified atom stereocenters. The molecule has 0 radical (unpaired) electrons. The number of esters is 2. The van der Waals surface area contributed by atoms with Gasteiger partial charge in [-0.1, -0.05) is 0 Å². The summed E-state index contributed by atoms with van der Waals surface area (Å²) in [4.78, 5) is 36.4. The van der Waals surface area contributed by atoms with Crippen LogP contribution >= 0.6 is 0 Å². The molecule has 0 aliphatic carbocycles. The van der Waals surface area contributed by atoms with Gasteiger partial charge >= 0.3 is 11.9 Å². The fourth-order valence-corrected chi connectivity index (χ4v) is 1.32. The van der Waals surface area contributed by atoms with Crippen LogP contribution in [-0.4, -0.2) is 31.1 Å². The molecule has 16 heavy (non-hydrogen) atoms. The highest BCUT2D eigenvalue weighted by molar-refractivity contribution is 6.03. The summed E-state index contributed by atoms with van der Waals surface area (Å²) in [5.74, 6) is -1.45. The van der Waals surface area contributed by atoms with Gasteiger partial charge in [0.25, 0.3) is 0 Å². The molecule has 0 saturated heterocycles. The molecular weight excluding hydrogens is 214 g/mol. The van der Waals surface area contributed by atoms with Crippen molar-refractivity contribution in [3.63, 3.8) is 0 Å². The van der Waals surface area contributed by atoms with Gasteiger partial charge in [0.1, 0.15) is 0 Å². The van der Waals surface area contributed by atoms with E-state index in [-0.39, 0.29) is 16.8 Å². The number of carbonyl (C=O) groups is 2. The highest BCUT2D eigenvalue weighted by Crippen LogP contribution is 2.12. The Bertz CT molecular complexity index is 488. The van der Waals surface area contributed by atoms with Gasteiger partial charge in [-0.3, -0.25) is 4.79 Å². The zero-order valence-corrected chi connectivity index (χ0v) is 9.12. The van der Waals surface area contributed by atoms with E-state index in [9.17, 15) is 14.4 Å². The molecule has 0 aliphatic rings. The molecule has 0 fully saturated rings. The number of pyridine rings is 1. The van der Waals surface area contributed by atoms with Crippen LogP contribution in [0, 0.1) is 6.92 Å². The van der Waals surface area contributed by atoms with Crippen molar-refractivity contribution < 1.29 is 19.1 Å². The van der Waals surface area contributed by atoms with Gasteiger partial charge in [-0.15, -0.1) is 0 Å². The molecule has 0 spiro atoms. The van der Waals surface area contributed by atoms with Crippen LogP contribution in [-0.2, 0) is 9.47 Å². The average molecular weight is 225 g/mol. The van der Waals surface area contributed by atoms with Crippen LogP contribution in [0.3, 0.4) is 0 Å². The van der Waals surface area contributed by atoms with Gasteiger partial charge in [-0.05, 0) is 6.92 Å². The van der Waals surface area contributed by atoms with Crippen LogP contribution in [0.2, 0.25) is 0 Å². The number of rotatable bonds is 2. The van der Waals surface area contributed by atoms with E-state index in [2.05, 4.69) is 14.5 Å². The Labute approximate surface area is 91.2 Å². The van der Waals surface area contributed by atoms with Crippen molar-refractivity contribution >= 4 is 11.9 Å². The number of carbonyl (C=O) groups excluding carboxylic acids is 2. The van der Waals surface area contributed by atoms with Crippen LogP contribution in [0.4, 0.5) is 0 Å². The topological polar surface area (TPSA) is 85.5 Å². The molecule has 1 aromatic heterocycles. The third-order valence-electron chi connectivity index (χ3n) is 2.03. The number of methoxy groups -OCH3 is 2. The first-order chi connectivity index (χ1) is 7.51. The molecule has 0 aromatic carbocycles. The number of nitrogens with one attached hydrogen (secondary N) is 1. The van der Waals surface area contributed by atoms with Gasteiger partial charge in [0.2, 0.25) is 5.56 Å². The van der Waals surface area contributed by atoms with Gasteiger partial charge in [0.15, 0.2) is 0 Å². The van der Waals surface area contributed by atoms with E-state index >= 15 is 0 Å². The fourth-order valence-electron chi connectivity index (χ4n) is 1.32. The predicted molar refractivity (Wildman–Crippen MR) is 54.5 cm³/mol. The lowest BCUT2D eigenvalue weighted by Crippen LogP contribution is -2.20. The minimum absolute atomic E-state index is 0.00829. The summed E-state index contributed by atoms with van der Waals surface area (Å²) in [7, 11) is 2.36. The van der Waals surface area contributed by atoms with E-state index in [4.69, 9.17) is 0 Å². The smallest absolute Gasteiger partial charge is 0.340 e. The number of hydrogen-bond donors (Lipinski definition) is 1. The number of aromatic amines is 1. The molecule has 1 N–H and O–H groups in total. The van der Waals surface area contributed by atoms with Gasteiger partial charge in [0, 0.05) is 11.8 Å². The van der Waals surface area contributed by atoms with Crippen LogP contribution in [0.15, 0.2) is 10.9 Å². The Morgan fingerprint density at radius 2 is 1.75 bits per heavy atom. The summed E-state index contributed by atoms with van der Waals surface area (Å²) in [6, 6.07) is 1.01. The molecule has 0 bridgehead atoms. The molecule has 86 valence electrons. The van der Waals surface area contributed by atoms with Crippen LogP contribution in [0.1, 0.15) is 26.4 Å². The van der Waals surface area contributed by atoms with Crippen molar-refractivity contribution in [2.75, 3.05) is 14.2 Å². The maximum atomic E-state index is 11.4. The molecule has 0 atom stereocenters. The minimum Gasteiger partial charge on any atom is -0.465 e. The van der Waals surface area contributed by atoms with E-state index in [0.29, 0.717) is 0 Å². The summed E-state index contributed by atoms with van der Waals surface area (Å²) >= 11 is 0. The van der Waals surface area contributed by atoms with Crippen molar-refractivity contribution in [1.82, 2.24) is 4.98 Å². The van der Waals surface area contributed by atoms with Crippen LogP contribution in [0.25, 0.3) is 0 Å². The van der Waals surface area contributed by atoms with Gasteiger partial charge in [0.05, 0.1) is 25.3 Å². The predicted octanol–water partition coefficient (Wildman–Crippen LogP) is 0.257. The molecule has 1 rings (SSSR count). The maximum Gasteiger partial charge on any atom is 0.340 e. The molecule has 0 saturated carbocycles. The highest BCUT2D eigenvalue weighted by atomic mass is 16.5. The van der Waals surface area contributed by atoms with Crippen molar-refractivity contribution in [3.8, 4) is 0 Å². The molecule has 6 nitrogen and oxygen atoms in total. The molecule has 0 amide bonds. The van der Waals surface area contributed by atoms with E-state index in [0.717, 1.165) is 6.07 Å². The summed E-state index contributed by atoms with van der Waals surface area (Å²) < 4.78 is 9.01. The lowest BCUT2D eigenvalue weighted by atomic mass is 10.1. The van der Waals surface area contributed by atoms with E-state index < -0.39 is 17.5 Å². The van der Waals surface area contributed by atoms with Crippen molar-refractivity contribution in [2.24, 2.45) is 0 Å². The van der Waals surface area contributed by atoms with Gasteiger partial charge in [-0.2, -0.15) is 0 Å². The summed E-state index contributed by atoms with van der Waals surface area (Å²) in [6.07, 6.45) is 0. The van der Waals surface area contributed by atoms with Crippen molar-refractivity contribution in [1.29, 1.82) is 0 Å². The third kappa shape index (κ3) is 2.10. The monoisotopic (exact) mass is 225 g/mol. The quantitative estimate of drug-likeness (QED) is 0.729. The first-order valence-corrected chi connectivity index (χ1v) is 4.41. The van der Waals surface area contributed by atoms with Crippen LogP contribution in [0.5, 0.6) is 0 Å². The Hall–Kier alpha value is -2.11. The summed E-state index contributed by atoms with van der Waals surface area (Å²) in [5.41, 5.74) is -0.310. The van der Waals surface area contributed by atoms with Crippen molar-refractivity contribution in [3.05, 3.63) is 33.2 Å². The lowest BCUT2D eigenvalue weighted by Gasteiger charge is -2.08. The Morgan fingerprint density at radius 3 is 2.25 bits per heavy atom. The molecule has 1 aromatic rings. The van der Waals surface area contributed by atoms with Crippen molar-refractivity contribution in [2.45, 2.75) is 6.92 Å². The fraction of sp³-hybridized carbons (Fsp3) is 0.300. The number of ether oxygens (including phenoxy) is 2. The average Bonchev–Trinajstić information content (AvgIpc) is 2.26. The third-order valence-corrected chi connectivity index (χ3v) is 2.03. The first kappa shape index (κ1) is 12.0. The Balaban J connectivity index is 3.50. The van der Waals surface area contributed by atoms with E-state index in [1.807, 2.05) is 0 Å². The van der Waals surface area contributed by atoms with E-state index in [1.54, 1.807) is 0 Å². The van der Waals surface area contributed by atoms with E-state index in [1.165, 1.54) is 21.1 Å². The molecule has 6 heteroatoms. The number of H-pyrrole nitrogens is 1. The molecule has 1 heterocycles. The standard InChI is InChI=1S/C10H11NO5/c1-5-8(10(14)16-3)6(9(13)15-2)4-7(12)11-5/h4H,1-3H3,(H,11,12). The Kier molecular flexibility index (Phi) is 3.44.